The number of carbonyl (C=O) groups is 1. The molecule has 1 amide bonds. The van der Waals surface area contributed by atoms with Gasteiger partial charge in [0.05, 0.1) is 19.1 Å². The molecule has 2 aromatic rings. The average Bonchev–Trinajstić information content (AvgIpc) is 3.01. The molecule has 22 heavy (non-hydrogen) atoms. The quantitative estimate of drug-likeness (QED) is 0.805. The van der Waals surface area contributed by atoms with Gasteiger partial charge in [-0.3, -0.25) is 4.79 Å². The van der Waals surface area contributed by atoms with Gasteiger partial charge in [-0.2, -0.15) is 0 Å². The van der Waals surface area contributed by atoms with Crippen LogP contribution >= 0.6 is 11.3 Å². The molecule has 0 radical (unpaired) electrons. The number of hydrogen-bond donors (Lipinski definition) is 1. The minimum absolute atomic E-state index is 0.00298. The van der Waals surface area contributed by atoms with Gasteiger partial charge in [-0.05, 0) is 24.5 Å². The SMILES string of the molecule is CC(C)CC(NC(=O)CCOc1ccccc1)c1nccs1. The molecule has 0 aliphatic rings. The molecule has 1 atom stereocenters. The van der Waals surface area contributed by atoms with Crippen LogP contribution in [-0.2, 0) is 4.79 Å². The first-order valence-electron chi connectivity index (χ1n) is 7.51. The molecule has 0 fully saturated rings. The molecule has 1 N–H and O–H groups in total. The Kier molecular flexibility index (Phi) is 6.40. The van der Waals surface area contributed by atoms with Gasteiger partial charge in [0.25, 0.3) is 0 Å². The lowest BCUT2D eigenvalue weighted by Gasteiger charge is -2.18. The first-order valence-corrected chi connectivity index (χ1v) is 8.39. The minimum Gasteiger partial charge on any atom is -0.493 e. The smallest absolute Gasteiger partial charge is 0.223 e. The van der Waals surface area contributed by atoms with Gasteiger partial charge in [0.15, 0.2) is 0 Å². The zero-order valence-electron chi connectivity index (χ0n) is 13.0. The zero-order chi connectivity index (χ0) is 15.8. The van der Waals surface area contributed by atoms with Crippen molar-refractivity contribution in [3.63, 3.8) is 0 Å². The number of hydrogen-bond acceptors (Lipinski definition) is 4. The van der Waals surface area contributed by atoms with Crippen molar-refractivity contribution in [2.75, 3.05) is 6.61 Å². The summed E-state index contributed by atoms with van der Waals surface area (Å²) in [6, 6.07) is 9.52. The predicted molar refractivity (Wildman–Crippen MR) is 89.0 cm³/mol. The van der Waals surface area contributed by atoms with E-state index in [1.165, 1.54) is 0 Å². The normalized spacial score (nSPS) is 12.1. The van der Waals surface area contributed by atoms with E-state index in [4.69, 9.17) is 4.74 Å². The largest absolute Gasteiger partial charge is 0.493 e. The van der Waals surface area contributed by atoms with Crippen molar-refractivity contribution in [3.05, 3.63) is 46.9 Å². The molecular weight excluding hydrogens is 296 g/mol. The highest BCUT2D eigenvalue weighted by molar-refractivity contribution is 7.09. The van der Waals surface area contributed by atoms with Gasteiger partial charge in [0.1, 0.15) is 10.8 Å². The van der Waals surface area contributed by atoms with Gasteiger partial charge in [-0.1, -0.05) is 32.0 Å². The lowest BCUT2D eigenvalue weighted by molar-refractivity contribution is -0.122. The van der Waals surface area contributed by atoms with Gasteiger partial charge in [0.2, 0.25) is 5.91 Å². The third kappa shape index (κ3) is 5.48. The molecule has 1 aromatic carbocycles. The van der Waals surface area contributed by atoms with Crippen molar-refractivity contribution in [2.24, 2.45) is 5.92 Å². The fourth-order valence-electron chi connectivity index (χ4n) is 2.14. The van der Waals surface area contributed by atoms with Crippen LogP contribution in [0.4, 0.5) is 0 Å². The molecular formula is C17H22N2O2S. The van der Waals surface area contributed by atoms with Crippen LogP contribution in [0.2, 0.25) is 0 Å². The number of nitrogens with zero attached hydrogens (tertiary/aromatic N) is 1. The maximum atomic E-state index is 12.1. The third-order valence-corrected chi connectivity index (χ3v) is 4.02. The van der Waals surface area contributed by atoms with E-state index in [0.717, 1.165) is 17.2 Å². The van der Waals surface area contributed by atoms with Crippen LogP contribution in [0.15, 0.2) is 41.9 Å². The van der Waals surface area contributed by atoms with Gasteiger partial charge in [0, 0.05) is 11.6 Å². The summed E-state index contributed by atoms with van der Waals surface area (Å²) in [5.74, 6) is 1.28. The van der Waals surface area contributed by atoms with Crippen LogP contribution in [0.1, 0.15) is 37.7 Å². The van der Waals surface area contributed by atoms with E-state index in [2.05, 4.69) is 24.1 Å². The number of para-hydroxylation sites is 1. The van der Waals surface area contributed by atoms with E-state index in [-0.39, 0.29) is 11.9 Å². The molecule has 1 heterocycles. The van der Waals surface area contributed by atoms with E-state index in [9.17, 15) is 4.79 Å². The fraction of sp³-hybridized carbons (Fsp3) is 0.412. The topological polar surface area (TPSA) is 51.2 Å². The maximum Gasteiger partial charge on any atom is 0.223 e. The highest BCUT2D eigenvalue weighted by Gasteiger charge is 2.18. The number of aromatic nitrogens is 1. The number of nitrogens with one attached hydrogen (secondary N) is 1. The molecule has 0 aliphatic carbocycles. The lowest BCUT2D eigenvalue weighted by Crippen LogP contribution is -2.30. The Labute approximate surface area is 135 Å². The van der Waals surface area contributed by atoms with Gasteiger partial charge >= 0.3 is 0 Å². The maximum absolute atomic E-state index is 12.1. The fourth-order valence-corrected chi connectivity index (χ4v) is 2.85. The Morgan fingerprint density at radius 3 is 2.73 bits per heavy atom. The van der Waals surface area contributed by atoms with Crippen molar-refractivity contribution in [2.45, 2.75) is 32.7 Å². The van der Waals surface area contributed by atoms with E-state index in [0.29, 0.717) is 18.9 Å². The standard InChI is InChI=1S/C17H22N2O2S/c1-13(2)12-15(17-18-9-11-22-17)19-16(20)8-10-21-14-6-4-3-5-7-14/h3-7,9,11,13,15H,8,10,12H2,1-2H3,(H,19,20). The summed E-state index contributed by atoms with van der Waals surface area (Å²) in [7, 11) is 0. The Bertz CT molecular complexity index is 555. The summed E-state index contributed by atoms with van der Waals surface area (Å²) < 4.78 is 5.56. The molecule has 0 bridgehead atoms. The third-order valence-electron chi connectivity index (χ3n) is 3.13. The Balaban J connectivity index is 1.81. The first-order chi connectivity index (χ1) is 10.6. The number of carbonyl (C=O) groups excluding carboxylic acids is 1. The molecule has 0 saturated carbocycles. The van der Waals surface area contributed by atoms with Gasteiger partial charge < -0.3 is 10.1 Å². The van der Waals surface area contributed by atoms with E-state index >= 15 is 0 Å². The van der Waals surface area contributed by atoms with Gasteiger partial charge in [-0.15, -0.1) is 11.3 Å². The Morgan fingerprint density at radius 1 is 1.32 bits per heavy atom. The summed E-state index contributed by atoms with van der Waals surface area (Å²) in [6.07, 6.45) is 3.01. The molecule has 2 rings (SSSR count). The summed E-state index contributed by atoms with van der Waals surface area (Å²) in [5.41, 5.74) is 0. The van der Waals surface area contributed by atoms with Crippen molar-refractivity contribution < 1.29 is 9.53 Å². The van der Waals surface area contributed by atoms with Crippen molar-refractivity contribution in [1.82, 2.24) is 10.3 Å². The van der Waals surface area contributed by atoms with Crippen LogP contribution in [0, 0.1) is 5.92 Å². The molecule has 1 aromatic heterocycles. The van der Waals surface area contributed by atoms with E-state index in [1.807, 2.05) is 35.7 Å². The molecule has 1 unspecified atom stereocenters. The molecule has 118 valence electrons. The van der Waals surface area contributed by atoms with E-state index in [1.54, 1.807) is 17.5 Å². The van der Waals surface area contributed by atoms with Crippen LogP contribution in [0.25, 0.3) is 0 Å². The monoisotopic (exact) mass is 318 g/mol. The molecule has 4 nitrogen and oxygen atoms in total. The Hall–Kier alpha value is -1.88. The molecule has 0 spiro atoms. The second-order valence-corrected chi connectivity index (χ2v) is 6.46. The summed E-state index contributed by atoms with van der Waals surface area (Å²) in [6.45, 7) is 4.67. The summed E-state index contributed by atoms with van der Waals surface area (Å²) >= 11 is 1.58. The highest BCUT2D eigenvalue weighted by atomic mass is 32.1. The van der Waals surface area contributed by atoms with Crippen LogP contribution in [-0.4, -0.2) is 17.5 Å². The van der Waals surface area contributed by atoms with E-state index < -0.39 is 0 Å². The molecule has 0 aliphatic heterocycles. The van der Waals surface area contributed by atoms with Crippen LogP contribution in [0.5, 0.6) is 5.75 Å². The second-order valence-electron chi connectivity index (χ2n) is 5.53. The highest BCUT2D eigenvalue weighted by Crippen LogP contribution is 2.23. The number of ether oxygens (including phenoxy) is 1. The minimum atomic E-state index is -0.00998. The predicted octanol–water partition coefficient (Wildman–Crippen LogP) is 3.82. The number of amides is 1. The number of benzene rings is 1. The zero-order valence-corrected chi connectivity index (χ0v) is 13.8. The summed E-state index contributed by atoms with van der Waals surface area (Å²) in [4.78, 5) is 16.4. The molecule has 5 heteroatoms. The van der Waals surface area contributed by atoms with Crippen molar-refractivity contribution >= 4 is 17.2 Å². The average molecular weight is 318 g/mol. The van der Waals surface area contributed by atoms with Gasteiger partial charge in [-0.25, -0.2) is 4.98 Å². The van der Waals surface area contributed by atoms with Crippen LogP contribution < -0.4 is 10.1 Å². The number of rotatable bonds is 8. The molecule has 0 saturated heterocycles. The first kappa shape index (κ1) is 16.5. The lowest BCUT2D eigenvalue weighted by atomic mass is 10.0. The van der Waals surface area contributed by atoms with Crippen molar-refractivity contribution in [3.8, 4) is 5.75 Å². The van der Waals surface area contributed by atoms with Crippen molar-refractivity contribution in [1.29, 1.82) is 0 Å². The second kappa shape index (κ2) is 8.54. The van der Waals surface area contributed by atoms with Crippen LogP contribution in [0.3, 0.4) is 0 Å². The summed E-state index contributed by atoms with van der Waals surface area (Å²) in [5, 5.41) is 5.97. The Morgan fingerprint density at radius 2 is 2.09 bits per heavy atom. The number of thiazole rings is 1.